The lowest BCUT2D eigenvalue weighted by Crippen LogP contribution is -2.56. The summed E-state index contributed by atoms with van der Waals surface area (Å²) >= 11 is 0. The molecule has 0 radical (unpaired) electrons. The third kappa shape index (κ3) is 3.58. The molecule has 4 rings (SSSR count). The van der Waals surface area contributed by atoms with E-state index in [0.29, 0.717) is 12.1 Å². The van der Waals surface area contributed by atoms with Gasteiger partial charge in [-0.05, 0) is 70.3 Å². The smallest absolute Gasteiger partial charge is 0.119 e. The van der Waals surface area contributed by atoms with Crippen LogP contribution in [-0.2, 0) is 0 Å². The molecule has 3 nitrogen and oxygen atoms in total. The van der Waals surface area contributed by atoms with E-state index in [2.05, 4.69) is 55.3 Å². The molecule has 3 fully saturated rings. The van der Waals surface area contributed by atoms with Gasteiger partial charge in [0, 0.05) is 18.6 Å². The predicted octanol–water partition coefficient (Wildman–Crippen LogP) is 3.22. The molecular weight excluding hydrogens is 260 g/mol. The van der Waals surface area contributed by atoms with E-state index in [-0.39, 0.29) is 6.10 Å². The van der Waals surface area contributed by atoms with Crippen molar-refractivity contribution in [3.05, 3.63) is 29.8 Å². The van der Waals surface area contributed by atoms with Gasteiger partial charge in [-0.1, -0.05) is 12.1 Å². The topological polar surface area (TPSA) is 24.5 Å². The van der Waals surface area contributed by atoms with E-state index in [1.165, 1.54) is 38.0 Å². The second-order valence-electron chi connectivity index (χ2n) is 6.87. The zero-order valence-corrected chi connectivity index (χ0v) is 13.5. The maximum absolute atomic E-state index is 5.71. The van der Waals surface area contributed by atoms with E-state index >= 15 is 0 Å². The summed E-state index contributed by atoms with van der Waals surface area (Å²) in [6.45, 7) is 10.2. The minimum absolute atomic E-state index is 0.234. The number of hydrogen-bond acceptors (Lipinski definition) is 3. The fourth-order valence-electron chi connectivity index (χ4n) is 3.68. The molecule has 3 heterocycles. The van der Waals surface area contributed by atoms with Crippen molar-refractivity contribution >= 4 is 0 Å². The molecule has 2 unspecified atom stereocenters. The number of ether oxygens (including phenoxy) is 1. The standard InChI is InChI=1S/C18H28N2O/c1-13(2)21-17-6-4-15(5-7-17)14(3)19-18-12-20-10-8-16(18)9-11-20/h4-7,13-14,16,18-19H,8-12H2,1-3H3. The van der Waals surface area contributed by atoms with Crippen LogP contribution < -0.4 is 10.1 Å². The van der Waals surface area contributed by atoms with E-state index in [1.807, 2.05) is 0 Å². The molecule has 3 saturated heterocycles. The molecule has 2 bridgehead atoms. The Morgan fingerprint density at radius 1 is 1.10 bits per heavy atom. The number of nitrogens with one attached hydrogen (secondary N) is 1. The zero-order chi connectivity index (χ0) is 14.8. The molecule has 3 aliphatic rings. The summed E-state index contributed by atoms with van der Waals surface area (Å²) < 4.78 is 5.71. The van der Waals surface area contributed by atoms with Crippen molar-refractivity contribution in [3.8, 4) is 5.75 Å². The van der Waals surface area contributed by atoms with Crippen molar-refractivity contribution in [1.29, 1.82) is 0 Å². The number of rotatable bonds is 5. The molecule has 0 spiro atoms. The van der Waals surface area contributed by atoms with Crippen LogP contribution in [0.4, 0.5) is 0 Å². The number of benzene rings is 1. The molecule has 21 heavy (non-hydrogen) atoms. The summed E-state index contributed by atoms with van der Waals surface area (Å²) in [7, 11) is 0. The first-order valence-corrected chi connectivity index (χ1v) is 8.37. The van der Waals surface area contributed by atoms with Crippen molar-refractivity contribution in [2.45, 2.75) is 51.8 Å². The summed E-state index contributed by atoms with van der Waals surface area (Å²) in [5.41, 5.74) is 1.35. The minimum atomic E-state index is 0.234. The number of nitrogens with zero attached hydrogens (tertiary/aromatic N) is 1. The van der Waals surface area contributed by atoms with Gasteiger partial charge in [-0.15, -0.1) is 0 Å². The van der Waals surface area contributed by atoms with Crippen molar-refractivity contribution in [1.82, 2.24) is 10.2 Å². The molecule has 1 aromatic carbocycles. The van der Waals surface area contributed by atoms with Crippen LogP contribution in [0.5, 0.6) is 5.75 Å². The summed E-state index contributed by atoms with van der Waals surface area (Å²) in [5.74, 6) is 1.84. The van der Waals surface area contributed by atoms with Gasteiger partial charge in [0.2, 0.25) is 0 Å². The van der Waals surface area contributed by atoms with Gasteiger partial charge in [0.05, 0.1) is 6.10 Å². The highest BCUT2D eigenvalue weighted by molar-refractivity contribution is 5.29. The molecule has 0 saturated carbocycles. The lowest BCUT2D eigenvalue weighted by molar-refractivity contribution is 0.0680. The molecule has 0 amide bonds. The maximum Gasteiger partial charge on any atom is 0.119 e. The summed E-state index contributed by atoms with van der Waals surface area (Å²) in [5, 5.41) is 3.84. The van der Waals surface area contributed by atoms with Gasteiger partial charge in [-0.2, -0.15) is 0 Å². The minimum Gasteiger partial charge on any atom is -0.491 e. The summed E-state index contributed by atoms with van der Waals surface area (Å²) in [6.07, 6.45) is 2.97. The van der Waals surface area contributed by atoms with Gasteiger partial charge in [0.25, 0.3) is 0 Å². The van der Waals surface area contributed by atoms with E-state index in [4.69, 9.17) is 4.74 Å². The highest BCUT2D eigenvalue weighted by atomic mass is 16.5. The highest BCUT2D eigenvalue weighted by Gasteiger charge is 2.34. The molecule has 0 aromatic heterocycles. The van der Waals surface area contributed by atoms with Gasteiger partial charge in [-0.3, -0.25) is 0 Å². The molecule has 0 aliphatic carbocycles. The zero-order valence-electron chi connectivity index (χ0n) is 13.5. The SMILES string of the molecule is CC(C)Oc1ccc(C(C)NC2CN3CCC2CC3)cc1. The number of hydrogen-bond donors (Lipinski definition) is 1. The highest BCUT2D eigenvalue weighted by Crippen LogP contribution is 2.29. The number of fused-ring (bicyclic) bond motifs is 3. The fourth-order valence-corrected chi connectivity index (χ4v) is 3.68. The molecular formula is C18H28N2O. The first-order chi connectivity index (χ1) is 10.1. The summed E-state index contributed by atoms with van der Waals surface area (Å²) in [4.78, 5) is 2.60. The fraction of sp³-hybridized carbons (Fsp3) is 0.667. The Labute approximate surface area is 128 Å². The third-order valence-corrected chi connectivity index (χ3v) is 4.87. The first-order valence-electron chi connectivity index (χ1n) is 8.37. The predicted molar refractivity (Wildman–Crippen MR) is 86.7 cm³/mol. The largest absolute Gasteiger partial charge is 0.491 e. The average molecular weight is 288 g/mol. The van der Waals surface area contributed by atoms with Crippen molar-refractivity contribution in [3.63, 3.8) is 0 Å². The van der Waals surface area contributed by atoms with Crippen molar-refractivity contribution < 1.29 is 4.74 Å². The van der Waals surface area contributed by atoms with Crippen LogP contribution in [0.25, 0.3) is 0 Å². The molecule has 116 valence electrons. The van der Waals surface area contributed by atoms with Crippen LogP contribution in [0, 0.1) is 5.92 Å². The Morgan fingerprint density at radius 2 is 1.76 bits per heavy atom. The number of piperidine rings is 3. The van der Waals surface area contributed by atoms with Gasteiger partial charge in [0.1, 0.15) is 5.75 Å². The Balaban J connectivity index is 1.58. The summed E-state index contributed by atoms with van der Waals surface area (Å²) in [6, 6.07) is 9.62. The van der Waals surface area contributed by atoms with Gasteiger partial charge in [-0.25, -0.2) is 0 Å². The van der Waals surface area contributed by atoms with E-state index in [1.54, 1.807) is 0 Å². The Hall–Kier alpha value is -1.06. The van der Waals surface area contributed by atoms with E-state index in [9.17, 15) is 0 Å². The van der Waals surface area contributed by atoms with Crippen LogP contribution in [0.1, 0.15) is 45.2 Å². The molecule has 3 aliphatic heterocycles. The molecule has 2 atom stereocenters. The van der Waals surface area contributed by atoms with Gasteiger partial charge in [0.15, 0.2) is 0 Å². The second kappa shape index (κ2) is 6.37. The lowest BCUT2D eigenvalue weighted by Gasteiger charge is -2.46. The second-order valence-corrected chi connectivity index (χ2v) is 6.87. The van der Waals surface area contributed by atoms with Gasteiger partial charge < -0.3 is 15.0 Å². The van der Waals surface area contributed by atoms with Gasteiger partial charge >= 0.3 is 0 Å². The molecule has 1 N–H and O–H groups in total. The Morgan fingerprint density at radius 3 is 2.29 bits per heavy atom. The van der Waals surface area contributed by atoms with E-state index < -0.39 is 0 Å². The van der Waals surface area contributed by atoms with Crippen LogP contribution >= 0.6 is 0 Å². The first kappa shape index (κ1) is 14.9. The lowest BCUT2D eigenvalue weighted by atomic mass is 9.83. The normalized spacial score (nSPS) is 29.6. The maximum atomic E-state index is 5.71. The average Bonchev–Trinajstić information content (AvgIpc) is 2.48. The van der Waals surface area contributed by atoms with Crippen LogP contribution in [-0.4, -0.2) is 36.7 Å². The third-order valence-electron chi connectivity index (χ3n) is 4.87. The Kier molecular flexibility index (Phi) is 4.51. The van der Waals surface area contributed by atoms with E-state index in [0.717, 1.165) is 11.7 Å². The van der Waals surface area contributed by atoms with Crippen LogP contribution in [0.15, 0.2) is 24.3 Å². The van der Waals surface area contributed by atoms with Crippen LogP contribution in [0.2, 0.25) is 0 Å². The molecule has 1 aromatic rings. The monoisotopic (exact) mass is 288 g/mol. The Bertz CT molecular complexity index is 449. The van der Waals surface area contributed by atoms with Crippen molar-refractivity contribution in [2.75, 3.05) is 19.6 Å². The quantitative estimate of drug-likeness (QED) is 0.900. The van der Waals surface area contributed by atoms with Crippen LogP contribution in [0.3, 0.4) is 0 Å². The van der Waals surface area contributed by atoms with Crippen molar-refractivity contribution in [2.24, 2.45) is 5.92 Å². The molecule has 3 heteroatoms.